The topological polar surface area (TPSA) is 66.9 Å². The minimum atomic E-state index is -0.510. The van der Waals surface area contributed by atoms with Crippen LogP contribution in [0.2, 0.25) is 0 Å². The molecule has 0 atom stereocenters. The molecule has 96 valence electrons. The van der Waals surface area contributed by atoms with Gasteiger partial charge in [0, 0.05) is 16.7 Å². The van der Waals surface area contributed by atoms with Crippen molar-refractivity contribution in [3.63, 3.8) is 0 Å². The maximum atomic E-state index is 11.4. The van der Waals surface area contributed by atoms with E-state index in [1.54, 1.807) is 24.3 Å². The Labute approximate surface area is 112 Å². The fourth-order valence-corrected chi connectivity index (χ4v) is 2.19. The molecule has 0 saturated heterocycles. The monoisotopic (exact) mass is 252 g/mol. The summed E-state index contributed by atoms with van der Waals surface area (Å²) in [6.07, 6.45) is 0. The van der Waals surface area contributed by atoms with Crippen LogP contribution in [0.1, 0.15) is 32.6 Å². The van der Waals surface area contributed by atoms with Crippen molar-refractivity contribution in [2.75, 3.05) is 0 Å². The van der Waals surface area contributed by atoms with E-state index < -0.39 is 5.91 Å². The van der Waals surface area contributed by atoms with Crippen LogP contribution in [0.15, 0.2) is 42.5 Å². The molecule has 0 unspecified atom stereocenters. The highest BCUT2D eigenvalue weighted by Gasteiger charge is 2.13. The molecular weight excluding hydrogens is 236 g/mol. The van der Waals surface area contributed by atoms with Crippen LogP contribution in [0, 0.1) is 19.3 Å². The summed E-state index contributed by atoms with van der Waals surface area (Å²) in [4.78, 5) is 11.4. The lowest BCUT2D eigenvalue weighted by Gasteiger charge is -2.10. The largest absolute Gasteiger partial charge is 0.366 e. The van der Waals surface area contributed by atoms with Gasteiger partial charge in [-0.15, -0.1) is 0 Å². The lowest BCUT2D eigenvalue weighted by molar-refractivity contribution is 0.1000. The zero-order valence-electron chi connectivity index (χ0n) is 11.0. The first-order chi connectivity index (χ1) is 8.99. The SMILES string of the molecule is Cc1cc(C)cc(C(=N)c2ccccc2C(N)=O)c1. The van der Waals surface area contributed by atoms with Gasteiger partial charge in [0.15, 0.2) is 0 Å². The normalized spacial score (nSPS) is 10.2. The number of aryl methyl sites for hydroxylation is 2. The Bertz CT molecular complexity index is 639. The molecule has 3 heteroatoms. The molecule has 3 N–H and O–H groups in total. The Morgan fingerprint density at radius 2 is 1.53 bits per heavy atom. The molecule has 2 aromatic rings. The van der Waals surface area contributed by atoms with E-state index >= 15 is 0 Å². The van der Waals surface area contributed by atoms with Crippen molar-refractivity contribution in [3.05, 3.63) is 70.3 Å². The highest BCUT2D eigenvalue weighted by molar-refractivity contribution is 6.16. The summed E-state index contributed by atoms with van der Waals surface area (Å²) in [6.45, 7) is 3.98. The highest BCUT2D eigenvalue weighted by atomic mass is 16.1. The summed E-state index contributed by atoms with van der Waals surface area (Å²) < 4.78 is 0. The van der Waals surface area contributed by atoms with E-state index in [0.29, 0.717) is 16.8 Å². The Balaban J connectivity index is 2.53. The maximum Gasteiger partial charge on any atom is 0.249 e. The van der Waals surface area contributed by atoms with Crippen LogP contribution in [0.4, 0.5) is 0 Å². The third-order valence-electron chi connectivity index (χ3n) is 2.97. The third-order valence-corrected chi connectivity index (χ3v) is 2.97. The van der Waals surface area contributed by atoms with E-state index in [1.807, 2.05) is 26.0 Å². The highest BCUT2D eigenvalue weighted by Crippen LogP contribution is 2.17. The number of carbonyl (C=O) groups excluding carboxylic acids is 1. The number of carbonyl (C=O) groups is 1. The summed E-state index contributed by atoms with van der Waals surface area (Å²) in [5.74, 6) is -0.510. The molecule has 3 nitrogen and oxygen atoms in total. The number of benzene rings is 2. The zero-order chi connectivity index (χ0) is 14.0. The quantitative estimate of drug-likeness (QED) is 0.810. The van der Waals surface area contributed by atoms with Crippen molar-refractivity contribution in [1.82, 2.24) is 0 Å². The smallest absolute Gasteiger partial charge is 0.249 e. The van der Waals surface area contributed by atoms with Gasteiger partial charge in [0.05, 0.1) is 5.71 Å². The average molecular weight is 252 g/mol. The molecule has 0 bridgehead atoms. The fourth-order valence-electron chi connectivity index (χ4n) is 2.19. The van der Waals surface area contributed by atoms with Gasteiger partial charge in [-0.3, -0.25) is 10.2 Å². The van der Waals surface area contributed by atoms with E-state index in [-0.39, 0.29) is 0 Å². The lowest BCUT2D eigenvalue weighted by atomic mass is 9.95. The van der Waals surface area contributed by atoms with Gasteiger partial charge >= 0.3 is 0 Å². The van der Waals surface area contributed by atoms with Crippen molar-refractivity contribution < 1.29 is 4.79 Å². The van der Waals surface area contributed by atoms with Crippen LogP contribution in [0.5, 0.6) is 0 Å². The van der Waals surface area contributed by atoms with E-state index in [4.69, 9.17) is 11.1 Å². The van der Waals surface area contributed by atoms with Gasteiger partial charge in [-0.1, -0.05) is 35.4 Å². The second kappa shape index (κ2) is 5.06. The number of rotatable bonds is 3. The second-order valence-electron chi connectivity index (χ2n) is 4.66. The number of nitrogens with one attached hydrogen (secondary N) is 1. The number of amides is 1. The molecule has 0 spiro atoms. The van der Waals surface area contributed by atoms with Crippen LogP contribution in [0.25, 0.3) is 0 Å². The van der Waals surface area contributed by atoms with Gasteiger partial charge in [0.1, 0.15) is 0 Å². The number of nitrogens with two attached hydrogens (primary N) is 1. The van der Waals surface area contributed by atoms with Gasteiger partial charge in [0.2, 0.25) is 5.91 Å². The standard InChI is InChI=1S/C16H16N2O/c1-10-7-11(2)9-12(8-10)15(17)13-5-3-4-6-14(13)16(18)19/h3-9,17H,1-2H3,(H2,18,19). The molecule has 0 fully saturated rings. The first-order valence-electron chi connectivity index (χ1n) is 6.05. The Morgan fingerprint density at radius 3 is 2.05 bits per heavy atom. The Morgan fingerprint density at radius 1 is 1.00 bits per heavy atom. The van der Waals surface area contributed by atoms with E-state index in [9.17, 15) is 4.79 Å². The minimum absolute atomic E-state index is 0.321. The summed E-state index contributed by atoms with van der Waals surface area (Å²) in [6, 6.07) is 12.9. The van der Waals surface area contributed by atoms with Crippen molar-refractivity contribution in [3.8, 4) is 0 Å². The molecule has 2 rings (SSSR count). The van der Waals surface area contributed by atoms with Gasteiger partial charge in [-0.25, -0.2) is 0 Å². The second-order valence-corrected chi connectivity index (χ2v) is 4.66. The van der Waals surface area contributed by atoms with Crippen LogP contribution < -0.4 is 5.73 Å². The molecule has 0 aliphatic heterocycles. The van der Waals surface area contributed by atoms with Crippen molar-refractivity contribution in [2.45, 2.75) is 13.8 Å². The minimum Gasteiger partial charge on any atom is -0.366 e. The first kappa shape index (κ1) is 13.0. The van der Waals surface area contributed by atoms with Crippen LogP contribution in [0.3, 0.4) is 0 Å². The van der Waals surface area contributed by atoms with Gasteiger partial charge in [0.25, 0.3) is 0 Å². The van der Waals surface area contributed by atoms with E-state index in [0.717, 1.165) is 16.7 Å². The molecule has 0 radical (unpaired) electrons. The van der Waals surface area contributed by atoms with Gasteiger partial charge in [-0.05, 0) is 32.0 Å². The zero-order valence-corrected chi connectivity index (χ0v) is 11.0. The average Bonchev–Trinajstić information content (AvgIpc) is 2.36. The van der Waals surface area contributed by atoms with Crippen LogP contribution in [-0.4, -0.2) is 11.6 Å². The first-order valence-corrected chi connectivity index (χ1v) is 6.05. The predicted molar refractivity (Wildman–Crippen MR) is 76.8 cm³/mol. The fraction of sp³-hybridized carbons (Fsp3) is 0.125. The molecule has 0 aliphatic carbocycles. The van der Waals surface area contributed by atoms with Crippen LogP contribution in [-0.2, 0) is 0 Å². The Kier molecular flexibility index (Phi) is 3.47. The Hall–Kier alpha value is -2.42. The number of hydrogen-bond acceptors (Lipinski definition) is 2. The van der Waals surface area contributed by atoms with Gasteiger partial charge in [-0.2, -0.15) is 0 Å². The third kappa shape index (κ3) is 2.71. The van der Waals surface area contributed by atoms with Crippen molar-refractivity contribution >= 4 is 11.6 Å². The van der Waals surface area contributed by atoms with Gasteiger partial charge < -0.3 is 5.73 Å². The summed E-state index contributed by atoms with van der Waals surface area (Å²) in [5, 5.41) is 8.29. The maximum absolute atomic E-state index is 11.4. The molecule has 0 aromatic heterocycles. The van der Waals surface area contributed by atoms with E-state index in [2.05, 4.69) is 6.07 Å². The predicted octanol–water partition coefficient (Wildman–Crippen LogP) is 2.82. The molecule has 0 aliphatic rings. The molecular formula is C16H16N2O. The molecule has 19 heavy (non-hydrogen) atoms. The molecule has 0 heterocycles. The van der Waals surface area contributed by atoms with E-state index in [1.165, 1.54) is 0 Å². The summed E-state index contributed by atoms with van der Waals surface area (Å²) >= 11 is 0. The summed E-state index contributed by atoms with van der Waals surface area (Å²) in [7, 11) is 0. The summed E-state index contributed by atoms with van der Waals surface area (Å²) in [5.41, 5.74) is 9.61. The lowest BCUT2D eigenvalue weighted by Crippen LogP contribution is -2.16. The number of hydrogen-bond donors (Lipinski definition) is 2. The van der Waals surface area contributed by atoms with Crippen molar-refractivity contribution in [2.24, 2.45) is 5.73 Å². The molecule has 2 aromatic carbocycles. The number of primary amides is 1. The van der Waals surface area contributed by atoms with Crippen LogP contribution >= 0.6 is 0 Å². The molecule has 0 saturated carbocycles. The van der Waals surface area contributed by atoms with Crippen molar-refractivity contribution in [1.29, 1.82) is 5.41 Å². The molecule has 1 amide bonds.